The Morgan fingerprint density at radius 1 is 1.04 bits per heavy atom. The van der Waals surface area contributed by atoms with Crippen LogP contribution in [0.4, 0.5) is 5.69 Å². The van der Waals surface area contributed by atoms with Crippen molar-refractivity contribution in [2.75, 3.05) is 12.4 Å². The van der Waals surface area contributed by atoms with Crippen LogP contribution in [0, 0.1) is 0 Å². The van der Waals surface area contributed by atoms with Gasteiger partial charge in [0.2, 0.25) is 5.89 Å². The second kappa shape index (κ2) is 6.02. The molecule has 142 valence electrons. The number of hydrogen-bond donors (Lipinski definition) is 1. The highest BCUT2D eigenvalue weighted by molar-refractivity contribution is 6.22. The number of hydrogen-bond acceptors (Lipinski definition) is 5. The number of carbonyl (C=O) groups is 3. The van der Waals surface area contributed by atoms with Gasteiger partial charge in [-0.1, -0.05) is 20.8 Å². The summed E-state index contributed by atoms with van der Waals surface area (Å²) in [6, 6.07) is 9.71. The Kier molecular flexibility index (Phi) is 3.85. The first-order chi connectivity index (χ1) is 13.1. The van der Waals surface area contributed by atoms with Crippen molar-refractivity contribution < 1.29 is 18.8 Å². The molecule has 0 fully saturated rings. The number of anilines is 1. The predicted molar refractivity (Wildman–Crippen MR) is 104 cm³/mol. The van der Waals surface area contributed by atoms with Gasteiger partial charge in [0.1, 0.15) is 5.52 Å². The molecule has 2 heterocycles. The number of oxazole rings is 1. The van der Waals surface area contributed by atoms with Gasteiger partial charge in [-0.2, -0.15) is 0 Å². The lowest BCUT2D eigenvalue weighted by Gasteiger charge is -2.11. The maximum Gasteiger partial charge on any atom is 0.261 e. The predicted octanol–water partition coefficient (Wildman–Crippen LogP) is 3.60. The highest BCUT2D eigenvalue weighted by atomic mass is 16.3. The molecule has 1 N–H and O–H groups in total. The van der Waals surface area contributed by atoms with Crippen LogP contribution in [0.15, 0.2) is 40.8 Å². The molecule has 0 spiro atoms. The molecule has 0 aliphatic carbocycles. The van der Waals surface area contributed by atoms with Crippen molar-refractivity contribution in [1.29, 1.82) is 0 Å². The van der Waals surface area contributed by atoms with E-state index in [2.05, 4.69) is 10.3 Å². The van der Waals surface area contributed by atoms with Gasteiger partial charge in [0.25, 0.3) is 17.7 Å². The summed E-state index contributed by atoms with van der Waals surface area (Å²) in [5, 5.41) is 2.80. The molecule has 4 rings (SSSR count). The topological polar surface area (TPSA) is 92.5 Å². The lowest BCUT2D eigenvalue weighted by atomic mass is 9.97. The molecule has 1 aromatic heterocycles. The number of rotatable bonds is 2. The quantitative estimate of drug-likeness (QED) is 0.689. The van der Waals surface area contributed by atoms with Crippen LogP contribution in [0.3, 0.4) is 0 Å². The number of amides is 3. The Morgan fingerprint density at radius 3 is 2.46 bits per heavy atom. The lowest BCUT2D eigenvalue weighted by molar-refractivity contribution is 0.0693. The molecular formula is C21H19N3O4. The lowest BCUT2D eigenvalue weighted by Crippen LogP contribution is -2.24. The van der Waals surface area contributed by atoms with E-state index in [4.69, 9.17) is 4.42 Å². The minimum Gasteiger partial charge on any atom is -0.440 e. The maximum atomic E-state index is 12.6. The number of benzene rings is 2. The van der Waals surface area contributed by atoms with Crippen LogP contribution in [0.2, 0.25) is 0 Å². The Morgan fingerprint density at radius 2 is 1.75 bits per heavy atom. The average molecular weight is 377 g/mol. The van der Waals surface area contributed by atoms with Crippen LogP contribution >= 0.6 is 0 Å². The van der Waals surface area contributed by atoms with E-state index in [1.807, 2.05) is 20.8 Å². The molecule has 1 aliphatic heterocycles. The van der Waals surface area contributed by atoms with E-state index >= 15 is 0 Å². The van der Waals surface area contributed by atoms with E-state index in [1.54, 1.807) is 18.2 Å². The van der Waals surface area contributed by atoms with E-state index in [1.165, 1.54) is 25.2 Å². The zero-order chi connectivity index (χ0) is 20.2. The first kappa shape index (κ1) is 17.9. The van der Waals surface area contributed by atoms with Gasteiger partial charge in [0, 0.05) is 23.7 Å². The van der Waals surface area contributed by atoms with Gasteiger partial charge in [-0.15, -0.1) is 0 Å². The summed E-state index contributed by atoms with van der Waals surface area (Å²) in [6.07, 6.45) is 0. The van der Waals surface area contributed by atoms with Gasteiger partial charge in [-0.05, 0) is 36.4 Å². The van der Waals surface area contributed by atoms with Crippen molar-refractivity contribution in [2.45, 2.75) is 26.2 Å². The molecule has 28 heavy (non-hydrogen) atoms. The van der Waals surface area contributed by atoms with Crippen molar-refractivity contribution in [3.8, 4) is 0 Å². The fourth-order valence-electron chi connectivity index (χ4n) is 3.03. The maximum absolute atomic E-state index is 12.6. The molecule has 7 heteroatoms. The van der Waals surface area contributed by atoms with Crippen LogP contribution in [-0.4, -0.2) is 34.7 Å². The van der Waals surface area contributed by atoms with E-state index < -0.39 is 5.91 Å². The van der Waals surface area contributed by atoms with Crippen molar-refractivity contribution in [3.63, 3.8) is 0 Å². The Labute approximate surface area is 161 Å². The van der Waals surface area contributed by atoms with Crippen LogP contribution in [0.1, 0.15) is 57.7 Å². The van der Waals surface area contributed by atoms with Gasteiger partial charge < -0.3 is 9.73 Å². The van der Waals surface area contributed by atoms with Crippen molar-refractivity contribution in [3.05, 3.63) is 59.0 Å². The van der Waals surface area contributed by atoms with E-state index in [-0.39, 0.29) is 22.8 Å². The Hall–Kier alpha value is -3.48. The van der Waals surface area contributed by atoms with Gasteiger partial charge in [0.15, 0.2) is 5.58 Å². The summed E-state index contributed by atoms with van der Waals surface area (Å²) in [7, 11) is 1.42. The minimum atomic E-state index is -0.409. The van der Waals surface area contributed by atoms with E-state index in [9.17, 15) is 14.4 Å². The van der Waals surface area contributed by atoms with Crippen LogP contribution in [-0.2, 0) is 5.41 Å². The largest absolute Gasteiger partial charge is 0.440 e. The number of imide groups is 1. The van der Waals surface area contributed by atoms with Gasteiger partial charge >= 0.3 is 0 Å². The summed E-state index contributed by atoms with van der Waals surface area (Å²) >= 11 is 0. The van der Waals surface area contributed by atoms with Crippen LogP contribution in [0.5, 0.6) is 0 Å². The fourth-order valence-corrected chi connectivity index (χ4v) is 3.03. The second-order valence-electron chi connectivity index (χ2n) is 7.84. The third-order valence-corrected chi connectivity index (χ3v) is 4.64. The number of nitrogens with zero attached hydrogens (tertiary/aromatic N) is 2. The number of aromatic nitrogens is 1. The highest BCUT2D eigenvalue weighted by Gasteiger charge is 2.33. The molecule has 0 saturated carbocycles. The summed E-state index contributed by atoms with van der Waals surface area (Å²) in [6.45, 7) is 6.03. The molecule has 0 bridgehead atoms. The molecule has 3 amide bonds. The first-order valence-electron chi connectivity index (χ1n) is 8.84. The van der Waals surface area contributed by atoms with Crippen LogP contribution < -0.4 is 5.32 Å². The first-order valence-corrected chi connectivity index (χ1v) is 8.84. The fraction of sp³-hybridized carbons (Fsp3) is 0.238. The minimum absolute atomic E-state index is 0.218. The van der Waals surface area contributed by atoms with Crippen molar-refractivity contribution in [2.24, 2.45) is 0 Å². The SMILES string of the molecule is CN1C(=O)c2ccc(C(=O)Nc3ccc4oc(C(C)(C)C)nc4c3)cc2C1=O. The summed E-state index contributed by atoms with van der Waals surface area (Å²) in [5.74, 6) is -0.528. The van der Waals surface area contributed by atoms with Crippen molar-refractivity contribution in [1.82, 2.24) is 9.88 Å². The summed E-state index contributed by atoms with van der Waals surface area (Å²) in [4.78, 5) is 42.2. The van der Waals surface area contributed by atoms with Gasteiger partial charge in [0.05, 0.1) is 11.1 Å². The number of nitrogens with one attached hydrogen (secondary N) is 1. The van der Waals surface area contributed by atoms with Gasteiger partial charge in [-0.3, -0.25) is 19.3 Å². The summed E-state index contributed by atoms with van der Waals surface area (Å²) < 4.78 is 5.76. The number of fused-ring (bicyclic) bond motifs is 2. The van der Waals surface area contributed by atoms with Gasteiger partial charge in [-0.25, -0.2) is 4.98 Å². The standard InChI is InChI=1S/C21H19N3O4/c1-21(2,3)20-23-15-10-12(6-8-16(15)28-20)22-17(25)11-5-7-13-14(9-11)19(27)24(4)18(13)26/h5-10H,1-4H3,(H,22,25). The molecule has 0 atom stereocenters. The van der Waals surface area contributed by atoms with E-state index in [0.717, 1.165) is 4.90 Å². The van der Waals surface area contributed by atoms with Crippen molar-refractivity contribution >= 4 is 34.5 Å². The Bertz CT molecular complexity index is 1150. The average Bonchev–Trinajstić information content (AvgIpc) is 3.17. The molecule has 2 aromatic carbocycles. The zero-order valence-electron chi connectivity index (χ0n) is 16.0. The molecule has 0 radical (unpaired) electrons. The molecule has 0 unspecified atom stereocenters. The normalized spacial score (nSPS) is 13.9. The smallest absolute Gasteiger partial charge is 0.261 e. The molecule has 0 saturated heterocycles. The summed E-state index contributed by atoms with van der Waals surface area (Å²) in [5.41, 5.74) is 2.48. The third kappa shape index (κ3) is 2.85. The molecule has 1 aliphatic rings. The monoisotopic (exact) mass is 377 g/mol. The number of carbonyl (C=O) groups excluding carboxylic acids is 3. The van der Waals surface area contributed by atoms with Crippen LogP contribution in [0.25, 0.3) is 11.1 Å². The molecule has 7 nitrogen and oxygen atoms in total. The van der Waals surface area contributed by atoms with E-state index in [0.29, 0.717) is 33.8 Å². The highest BCUT2D eigenvalue weighted by Crippen LogP contribution is 2.28. The zero-order valence-corrected chi connectivity index (χ0v) is 16.0. The second-order valence-corrected chi connectivity index (χ2v) is 7.84. The molecular weight excluding hydrogens is 358 g/mol. The molecule has 3 aromatic rings. The third-order valence-electron chi connectivity index (χ3n) is 4.64. The Balaban J connectivity index is 1.61.